The van der Waals surface area contributed by atoms with Gasteiger partial charge in [-0.1, -0.05) is 0 Å². The summed E-state index contributed by atoms with van der Waals surface area (Å²) >= 11 is 0. The minimum atomic E-state index is -1.72. The van der Waals surface area contributed by atoms with Gasteiger partial charge in [-0.2, -0.15) is 0 Å². The molecular formula is C15H14FNO5. The van der Waals surface area contributed by atoms with Crippen molar-refractivity contribution in [3.8, 4) is 0 Å². The summed E-state index contributed by atoms with van der Waals surface area (Å²) < 4.78 is 19.8. The second kappa shape index (κ2) is 5.97. The molecule has 0 aliphatic rings. The molecular weight excluding hydrogens is 293 g/mol. The molecule has 6 nitrogen and oxygen atoms in total. The molecule has 2 aromatic rings. The van der Waals surface area contributed by atoms with Crippen LogP contribution in [0, 0.1) is 5.82 Å². The van der Waals surface area contributed by atoms with E-state index in [1.165, 1.54) is 16.7 Å². The number of carbonyl (C=O) groups is 3. The van der Waals surface area contributed by atoms with Crippen molar-refractivity contribution in [2.45, 2.75) is 20.4 Å². The fourth-order valence-corrected chi connectivity index (χ4v) is 2.40. The first-order chi connectivity index (χ1) is 10.4. The van der Waals surface area contributed by atoms with Crippen LogP contribution in [0.4, 0.5) is 4.39 Å². The smallest absolute Gasteiger partial charge is 0.377 e. The van der Waals surface area contributed by atoms with Gasteiger partial charge in [0.15, 0.2) is 0 Å². The summed E-state index contributed by atoms with van der Waals surface area (Å²) in [5.74, 6) is -4.43. The van der Waals surface area contributed by atoms with Gasteiger partial charge in [-0.3, -0.25) is 4.79 Å². The first-order valence-corrected chi connectivity index (χ1v) is 6.68. The molecule has 0 unspecified atom stereocenters. The van der Waals surface area contributed by atoms with Crippen LogP contribution in [0.3, 0.4) is 0 Å². The second-order valence-corrected chi connectivity index (χ2v) is 4.48. The second-order valence-electron chi connectivity index (χ2n) is 4.48. The van der Waals surface area contributed by atoms with Crippen molar-refractivity contribution in [1.82, 2.24) is 4.57 Å². The van der Waals surface area contributed by atoms with E-state index in [9.17, 15) is 18.8 Å². The first-order valence-electron chi connectivity index (χ1n) is 6.68. The lowest BCUT2D eigenvalue weighted by Crippen LogP contribution is -2.20. The Hall–Kier alpha value is -2.70. The molecule has 0 bridgehead atoms. The molecule has 1 aromatic carbocycles. The lowest BCUT2D eigenvalue weighted by molar-refractivity contribution is -0.131. The number of ketones is 1. The van der Waals surface area contributed by atoms with Crippen LogP contribution in [0.25, 0.3) is 10.9 Å². The minimum absolute atomic E-state index is 0.0686. The highest BCUT2D eigenvalue weighted by atomic mass is 19.1. The van der Waals surface area contributed by atoms with Crippen LogP contribution in [-0.2, 0) is 16.1 Å². The Morgan fingerprint density at radius 3 is 2.50 bits per heavy atom. The number of carboxylic acids is 1. The molecule has 1 aromatic heterocycles. The maximum absolute atomic E-state index is 13.5. The van der Waals surface area contributed by atoms with Gasteiger partial charge in [0, 0.05) is 17.4 Å². The molecule has 22 heavy (non-hydrogen) atoms. The number of esters is 1. The fraction of sp³-hybridized carbons (Fsp3) is 0.267. The number of halogens is 1. The number of carboxylic acid groups (broad SMARTS) is 1. The number of aromatic nitrogens is 1. The molecule has 0 saturated heterocycles. The Morgan fingerprint density at radius 1 is 1.27 bits per heavy atom. The summed E-state index contributed by atoms with van der Waals surface area (Å²) in [6.45, 7) is 3.68. The van der Waals surface area contributed by atoms with Gasteiger partial charge in [-0.15, -0.1) is 0 Å². The quantitative estimate of drug-likeness (QED) is 0.520. The molecule has 0 saturated carbocycles. The maximum atomic E-state index is 13.5. The number of Topliss-reactive ketones (excluding diaryl/α,β-unsaturated/α-hetero) is 1. The van der Waals surface area contributed by atoms with Gasteiger partial charge in [0.05, 0.1) is 12.2 Å². The van der Waals surface area contributed by atoms with E-state index >= 15 is 0 Å². The van der Waals surface area contributed by atoms with E-state index in [0.29, 0.717) is 12.1 Å². The average molecular weight is 307 g/mol. The normalized spacial score (nSPS) is 10.7. The van der Waals surface area contributed by atoms with E-state index in [4.69, 9.17) is 9.84 Å². The van der Waals surface area contributed by atoms with Crippen molar-refractivity contribution in [3.05, 3.63) is 35.3 Å². The molecule has 0 amide bonds. The third-order valence-electron chi connectivity index (χ3n) is 3.23. The van der Waals surface area contributed by atoms with E-state index in [1.54, 1.807) is 13.8 Å². The van der Waals surface area contributed by atoms with Crippen molar-refractivity contribution >= 4 is 28.6 Å². The summed E-state index contributed by atoms with van der Waals surface area (Å²) in [7, 11) is 0. The van der Waals surface area contributed by atoms with Crippen LogP contribution in [0.5, 0.6) is 0 Å². The van der Waals surface area contributed by atoms with Gasteiger partial charge in [-0.25, -0.2) is 14.0 Å². The lowest BCUT2D eigenvalue weighted by atomic mass is 10.1. The molecule has 0 aliphatic carbocycles. The molecule has 0 fully saturated rings. The van der Waals surface area contributed by atoms with Crippen LogP contribution in [-0.4, -0.2) is 34.0 Å². The zero-order chi connectivity index (χ0) is 16.4. The minimum Gasteiger partial charge on any atom is -0.475 e. The Morgan fingerprint density at radius 2 is 1.95 bits per heavy atom. The standard InChI is InChI=1S/C15H14FNO5/c1-3-17-10-6-5-8(16)7-9(10)11(13(18)14(19)20)12(17)15(21)22-4-2/h5-7H,3-4H2,1-2H3,(H,19,20). The molecule has 1 N–H and O–H groups in total. The van der Waals surface area contributed by atoms with Crippen LogP contribution in [0.1, 0.15) is 34.7 Å². The highest BCUT2D eigenvalue weighted by Gasteiger charge is 2.31. The highest BCUT2D eigenvalue weighted by Crippen LogP contribution is 2.28. The van der Waals surface area contributed by atoms with Gasteiger partial charge in [0.2, 0.25) is 0 Å². The van der Waals surface area contributed by atoms with E-state index in [1.807, 2.05) is 0 Å². The van der Waals surface area contributed by atoms with Crippen molar-refractivity contribution in [1.29, 1.82) is 0 Å². The van der Waals surface area contributed by atoms with Gasteiger partial charge in [0.25, 0.3) is 5.78 Å². The molecule has 0 aliphatic heterocycles. The summed E-state index contributed by atoms with van der Waals surface area (Å²) in [6, 6.07) is 3.62. The highest BCUT2D eigenvalue weighted by molar-refractivity contribution is 6.43. The first kappa shape index (κ1) is 15.7. The summed E-state index contributed by atoms with van der Waals surface area (Å²) in [6.07, 6.45) is 0. The van der Waals surface area contributed by atoms with Crippen molar-refractivity contribution in [2.75, 3.05) is 6.61 Å². The maximum Gasteiger partial charge on any atom is 0.377 e. The third kappa shape index (κ3) is 2.45. The number of hydrogen-bond acceptors (Lipinski definition) is 4. The van der Waals surface area contributed by atoms with E-state index in [0.717, 1.165) is 6.07 Å². The van der Waals surface area contributed by atoms with Gasteiger partial charge in [0.1, 0.15) is 11.5 Å². The predicted octanol–water partition coefficient (Wildman–Crippen LogP) is 2.24. The van der Waals surface area contributed by atoms with Gasteiger partial charge >= 0.3 is 11.9 Å². The van der Waals surface area contributed by atoms with E-state index < -0.39 is 23.5 Å². The molecule has 0 atom stereocenters. The molecule has 0 spiro atoms. The van der Waals surface area contributed by atoms with Crippen molar-refractivity contribution in [2.24, 2.45) is 0 Å². The zero-order valence-corrected chi connectivity index (χ0v) is 12.1. The number of nitrogens with zero attached hydrogens (tertiary/aromatic N) is 1. The number of hydrogen-bond donors (Lipinski definition) is 1. The van der Waals surface area contributed by atoms with Crippen molar-refractivity contribution < 1.29 is 28.6 Å². The third-order valence-corrected chi connectivity index (χ3v) is 3.23. The number of aryl methyl sites for hydroxylation is 1. The number of rotatable bonds is 5. The van der Waals surface area contributed by atoms with Crippen LogP contribution in [0.2, 0.25) is 0 Å². The topological polar surface area (TPSA) is 85.6 Å². The number of ether oxygens (including phenoxy) is 1. The summed E-state index contributed by atoms with van der Waals surface area (Å²) in [5.41, 5.74) is -0.115. The number of benzene rings is 1. The molecule has 7 heteroatoms. The largest absolute Gasteiger partial charge is 0.475 e. The summed E-state index contributed by atoms with van der Waals surface area (Å²) in [5, 5.41) is 9.06. The number of aliphatic carboxylic acids is 1. The zero-order valence-electron chi connectivity index (χ0n) is 12.1. The fourth-order valence-electron chi connectivity index (χ4n) is 2.40. The van der Waals surface area contributed by atoms with Crippen LogP contribution in [0.15, 0.2) is 18.2 Å². The Kier molecular flexibility index (Phi) is 4.25. The lowest BCUT2D eigenvalue weighted by Gasteiger charge is -2.08. The average Bonchev–Trinajstić information content (AvgIpc) is 2.79. The molecule has 0 radical (unpaired) electrons. The van der Waals surface area contributed by atoms with Gasteiger partial charge < -0.3 is 14.4 Å². The molecule has 116 valence electrons. The van der Waals surface area contributed by atoms with Gasteiger partial charge in [-0.05, 0) is 32.0 Å². The SMILES string of the molecule is CCOC(=O)c1c(C(=O)C(=O)O)c2cc(F)ccc2n1CC. The monoisotopic (exact) mass is 307 g/mol. The number of carbonyl (C=O) groups excluding carboxylic acids is 2. The predicted molar refractivity (Wildman–Crippen MR) is 75.5 cm³/mol. The Balaban J connectivity index is 2.89. The molecule has 2 rings (SSSR count). The summed E-state index contributed by atoms with van der Waals surface area (Å²) in [4.78, 5) is 35.2. The van der Waals surface area contributed by atoms with E-state index in [-0.39, 0.29) is 23.3 Å². The Labute approximate surface area is 125 Å². The number of fused-ring (bicyclic) bond motifs is 1. The van der Waals surface area contributed by atoms with Crippen LogP contribution >= 0.6 is 0 Å². The Bertz CT molecular complexity index is 778. The molecule has 1 heterocycles. The van der Waals surface area contributed by atoms with Crippen LogP contribution < -0.4 is 0 Å². The van der Waals surface area contributed by atoms with Crippen molar-refractivity contribution in [3.63, 3.8) is 0 Å². The van der Waals surface area contributed by atoms with E-state index in [2.05, 4.69) is 0 Å².